The van der Waals surface area contributed by atoms with E-state index in [1.165, 1.54) is 6.42 Å². The van der Waals surface area contributed by atoms with Crippen LogP contribution in [0.15, 0.2) is 6.07 Å². The molecule has 2 rings (SSSR count). The molecule has 2 atom stereocenters. The normalized spacial score (nSPS) is 27.2. The Bertz CT molecular complexity index is 291. The van der Waals surface area contributed by atoms with Crippen molar-refractivity contribution in [2.75, 3.05) is 0 Å². The van der Waals surface area contributed by atoms with Gasteiger partial charge in [0.05, 0.1) is 0 Å². The minimum atomic E-state index is 0.558. The quantitative estimate of drug-likeness (QED) is 0.624. The highest BCUT2D eigenvalue weighted by molar-refractivity contribution is 6.29. The van der Waals surface area contributed by atoms with E-state index in [9.17, 15) is 0 Å². The van der Waals surface area contributed by atoms with Crippen LogP contribution in [0.5, 0.6) is 0 Å². The summed E-state index contributed by atoms with van der Waals surface area (Å²) in [5.41, 5.74) is 0.962. The molecule has 64 valence electrons. The van der Waals surface area contributed by atoms with Crippen molar-refractivity contribution in [3.05, 3.63) is 22.7 Å². The summed E-state index contributed by atoms with van der Waals surface area (Å²) in [5.74, 6) is 2.22. The van der Waals surface area contributed by atoms with Crippen LogP contribution < -0.4 is 0 Å². The first-order chi connectivity index (χ1) is 5.66. The largest absolute Gasteiger partial charge is 0.238 e. The standard InChI is InChI=1S/C9H11ClN2/c1-5-3-7(5)9-11-6(2)4-8(10)12-9/h4-5,7H,3H2,1-2H3/t5-,7-/m1/s1. The van der Waals surface area contributed by atoms with Crippen molar-refractivity contribution in [3.63, 3.8) is 0 Å². The maximum Gasteiger partial charge on any atom is 0.133 e. The molecule has 0 bridgehead atoms. The molecule has 3 heteroatoms. The topological polar surface area (TPSA) is 25.8 Å². The third kappa shape index (κ3) is 1.44. The van der Waals surface area contributed by atoms with Gasteiger partial charge in [0.1, 0.15) is 11.0 Å². The summed E-state index contributed by atoms with van der Waals surface area (Å²) in [5, 5.41) is 0.566. The van der Waals surface area contributed by atoms with Crippen LogP contribution in [-0.4, -0.2) is 9.97 Å². The molecular formula is C9H11ClN2. The second-order valence-corrected chi connectivity index (χ2v) is 3.90. The van der Waals surface area contributed by atoms with E-state index in [1.807, 2.05) is 6.92 Å². The van der Waals surface area contributed by atoms with Gasteiger partial charge in [-0.05, 0) is 25.3 Å². The average molecular weight is 183 g/mol. The van der Waals surface area contributed by atoms with Gasteiger partial charge in [0, 0.05) is 11.6 Å². The molecule has 1 aliphatic rings. The molecule has 0 unspecified atom stereocenters. The van der Waals surface area contributed by atoms with Gasteiger partial charge < -0.3 is 0 Å². The third-order valence-electron chi connectivity index (χ3n) is 2.28. The molecular weight excluding hydrogens is 172 g/mol. The molecule has 1 fully saturated rings. The summed E-state index contributed by atoms with van der Waals surface area (Å²) in [4.78, 5) is 8.55. The van der Waals surface area contributed by atoms with Crippen molar-refractivity contribution in [1.82, 2.24) is 9.97 Å². The van der Waals surface area contributed by atoms with Crippen LogP contribution in [0, 0.1) is 12.8 Å². The van der Waals surface area contributed by atoms with E-state index < -0.39 is 0 Å². The van der Waals surface area contributed by atoms with Crippen LogP contribution >= 0.6 is 11.6 Å². The lowest BCUT2D eigenvalue weighted by Gasteiger charge is -1.99. The SMILES string of the molecule is Cc1cc(Cl)nc([C@@H]2C[C@H]2C)n1. The van der Waals surface area contributed by atoms with E-state index in [0.29, 0.717) is 11.1 Å². The average Bonchev–Trinajstić information content (AvgIpc) is 2.64. The van der Waals surface area contributed by atoms with E-state index in [-0.39, 0.29) is 0 Å². The Morgan fingerprint density at radius 1 is 1.50 bits per heavy atom. The first kappa shape index (κ1) is 7.99. The van der Waals surface area contributed by atoms with Gasteiger partial charge in [-0.3, -0.25) is 0 Å². The Hall–Kier alpha value is -0.630. The fourth-order valence-corrected chi connectivity index (χ4v) is 1.64. The molecule has 0 saturated heterocycles. The minimum absolute atomic E-state index is 0.558. The first-order valence-corrected chi connectivity index (χ1v) is 4.55. The number of aryl methyl sites for hydroxylation is 1. The highest BCUT2D eigenvalue weighted by atomic mass is 35.5. The van der Waals surface area contributed by atoms with Gasteiger partial charge in [-0.2, -0.15) is 0 Å². The van der Waals surface area contributed by atoms with Crippen molar-refractivity contribution in [2.24, 2.45) is 5.92 Å². The number of hydrogen-bond donors (Lipinski definition) is 0. The molecule has 0 radical (unpaired) electrons. The summed E-state index contributed by atoms with van der Waals surface area (Å²) >= 11 is 5.82. The predicted octanol–water partition coefficient (Wildman–Crippen LogP) is 2.56. The van der Waals surface area contributed by atoms with E-state index in [0.717, 1.165) is 17.4 Å². The molecule has 1 aliphatic carbocycles. The minimum Gasteiger partial charge on any atom is -0.238 e. The Morgan fingerprint density at radius 2 is 2.17 bits per heavy atom. The molecule has 1 aromatic heterocycles. The fraction of sp³-hybridized carbons (Fsp3) is 0.556. The molecule has 0 N–H and O–H groups in total. The van der Waals surface area contributed by atoms with Crippen molar-refractivity contribution >= 4 is 11.6 Å². The van der Waals surface area contributed by atoms with Crippen molar-refractivity contribution < 1.29 is 0 Å². The molecule has 0 amide bonds. The van der Waals surface area contributed by atoms with Crippen LogP contribution in [0.4, 0.5) is 0 Å². The molecule has 1 aromatic rings. The molecule has 1 heterocycles. The van der Waals surface area contributed by atoms with Crippen LogP contribution in [0.25, 0.3) is 0 Å². The van der Waals surface area contributed by atoms with Crippen LogP contribution in [0.1, 0.15) is 30.8 Å². The van der Waals surface area contributed by atoms with E-state index in [1.54, 1.807) is 6.07 Å². The zero-order valence-electron chi connectivity index (χ0n) is 7.21. The number of halogens is 1. The Balaban J connectivity index is 2.32. The van der Waals surface area contributed by atoms with E-state index >= 15 is 0 Å². The molecule has 0 spiro atoms. The summed E-state index contributed by atoms with van der Waals surface area (Å²) in [7, 11) is 0. The first-order valence-electron chi connectivity index (χ1n) is 4.18. The summed E-state index contributed by atoms with van der Waals surface area (Å²) in [6, 6.07) is 1.79. The zero-order valence-corrected chi connectivity index (χ0v) is 7.97. The highest BCUT2D eigenvalue weighted by Crippen LogP contribution is 2.45. The lowest BCUT2D eigenvalue weighted by atomic mass is 10.3. The zero-order chi connectivity index (χ0) is 8.72. The smallest absolute Gasteiger partial charge is 0.133 e. The maximum absolute atomic E-state index is 5.82. The van der Waals surface area contributed by atoms with Crippen molar-refractivity contribution in [1.29, 1.82) is 0 Å². The predicted molar refractivity (Wildman–Crippen MR) is 48.3 cm³/mol. The summed E-state index contributed by atoms with van der Waals surface area (Å²) in [6.45, 7) is 4.16. The Kier molecular flexibility index (Phi) is 1.80. The molecule has 2 nitrogen and oxygen atoms in total. The third-order valence-corrected chi connectivity index (χ3v) is 2.47. The monoisotopic (exact) mass is 182 g/mol. The van der Waals surface area contributed by atoms with Crippen LogP contribution in [0.3, 0.4) is 0 Å². The Morgan fingerprint density at radius 3 is 2.67 bits per heavy atom. The van der Waals surface area contributed by atoms with Crippen molar-refractivity contribution in [3.8, 4) is 0 Å². The number of rotatable bonds is 1. The summed E-state index contributed by atoms with van der Waals surface area (Å²) < 4.78 is 0. The summed E-state index contributed by atoms with van der Waals surface area (Å²) in [6.07, 6.45) is 1.21. The maximum atomic E-state index is 5.82. The number of nitrogens with zero attached hydrogens (tertiary/aromatic N) is 2. The van der Waals surface area contributed by atoms with Crippen molar-refractivity contribution in [2.45, 2.75) is 26.2 Å². The molecule has 1 saturated carbocycles. The lowest BCUT2D eigenvalue weighted by Crippen LogP contribution is -1.95. The van der Waals surface area contributed by atoms with Gasteiger partial charge in [0.25, 0.3) is 0 Å². The van der Waals surface area contributed by atoms with Gasteiger partial charge in [0.15, 0.2) is 0 Å². The Labute approximate surface area is 77.0 Å². The molecule has 0 aromatic carbocycles. The van der Waals surface area contributed by atoms with Gasteiger partial charge in [-0.15, -0.1) is 0 Å². The van der Waals surface area contributed by atoms with Crippen LogP contribution in [0.2, 0.25) is 5.15 Å². The highest BCUT2D eigenvalue weighted by Gasteiger charge is 2.36. The molecule has 12 heavy (non-hydrogen) atoms. The second-order valence-electron chi connectivity index (χ2n) is 3.51. The van der Waals surface area contributed by atoms with Gasteiger partial charge >= 0.3 is 0 Å². The van der Waals surface area contributed by atoms with Gasteiger partial charge in [-0.1, -0.05) is 18.5 Å². The molecule has 0 aliphatic heterocycles. The number of hydrogen-bond acceptors (Lipinski definition) is 2. The fourth-order valence-electron chi connectivity index (χ4n) is 1.40. The van der Waals surface area contributed by atoms with Gasteiger partial charge in [0.2, 0.25) is 0 Å². The van der Waals surface area contributed by atoms with Gasteiger partial charge in [-0.25, -0.2) is 9.97 Å². The lowest BCUT2D eigenvalue weighted by molar-refractivity contribution is 0.833. The second kappa shape index (κ2) is 2.70. The van der Waals surface area contributed by atoms with E-state index in [2.05, 4.69) is 16.9 Å². The number of aromatic nitrogens is 2. The van der Waals surface area contributed by atoms with Crippen LogP contribution in [-0.2, 0) is 0 Å². The van der Waals surface area contributed by atoms with E-state index in [4.69, 9.17) is 11.6 Å².